The van der Waals surface area contributed by atoms with Crippen molar-refractivity contribution in [3.8, 4) is 6.07 Å². The monoisotopic (exact) mass is 341 g/mol. The molecule has 1 aromatic heterocycles. The first-order valence-electron chi connectivity index (χ1n) is 7.77. The largest absolute Gasteiger partial charge is 0.445 e. The number of alkyl carbamates (subject to hydrolysis) is 1. The van der Waals surface area contributed by atoms with Crippen molar-refractivity contribution >= 4 is 6.09 Å². The molecule has 1 aromatic carbocycles. The van der Waals surface area contributed by atoms with Gasteiger partial charge in [-0.2, -0.15) is 5.26 Å². The molecule has 2 unspecified atom stereocenters. The zero-order valence-corrected chi connectivity index (χ0v) is 13.5. The lowest BCUT2D eigenvalue weighted by Crippen LogP contribution is -2.29. The predicted octanol–water partition coefficient (Wildman–Crippen LogP) is 1.66. The first-order valence-corrected chi connectivity index (χ1v) is 7.77. The molecule has 2 rings (SSSR count). The number of nitrogens with zero attached hydrogens (tertiary/aromatic N) is 2. The Labute approximate surface area is 145 Å². The molecule has 0 bridgehead atoms. The number of pyridine rings is 1. The molecular formula is C18H19N3O4. The third kappa shape index (κ3) is 5.88. The fourth-order valence-electron chi connectivity index (χ4n) is 2.12. The number of carbonyl (C=O) groups excluding carboxylic acids is 1. The second-order valence-corrected chi connectivity index (χ2v) is 5.38. The smallest absolute Gasteiger partial charge is 0.407 e. The van der Waals surface area contributed by atoms with Crippen molar-refractivity contribution in [3.05, 3.63) is 65.5 Å². The Bertz CT molecular complexity index is 713. The molecule has 7 heteroatoms. The van der Waals surface area contributed by atoms with E-state index in [-0.39, 0.29) is 25.3 Å². The van der Waals surface area contributed by atoms with Gasteiger partial charge in [0.1, 0.15) is 24.5 Å². The highest BCUT2D eigenvalue weighted by atomic mass is 16.5. The number of benzene rings is 1. The summed E-state index contributed by atoms with van der Waals surface area (Å²) in [5.41, 5.74) is 1.51. The molecule has 0 spiro atoms. The average Bonchev–Trinajstić information content (AvgIpc) is 2.66. The topological polar surface area (TPSA) is 115 Å². The van der Waals surface area contributed by atoms with E-state index in [1.807, 2.05) is 36.4 Å². The Kier molecular flexibility index (Phi) is 6.89. The molecular weight excluding hydrogens is 322 g/mol. The van der Waals surface area contributed by atoms with Crippen LogP contribution in [0.3, 0.4) is 0 Å². The van der Waals surface area contributed by atoms with E-state index in [4.69, 9.17) is 10.00 Å². The van der Waals surface area contributed by atoms with Crippen LogP contribution in [0.5, 0.6) is 0 Å². The molecule has 0 aliphatic heterocycles. The van der Waals surface area contributed by atoms with Crippen LogP contribution in [0.1, 0.15) is 29.3 Å². The van der Waals surface area contributed by atoms with Crippen molar-refractivity contribution in [1.29, 1.82) is 5.26 Å². The second-order valence-electron chi connectivity index (χ2n) is 5.38. The van der Waals surface area contributed by atoms with Crippen LogP contribution in [0.2, 0.25) is 0 Å². The second kappa shape index (κ2) is 9.37. The molecule has 0 fully saturated rings. The molecule has 7 nitrogen and oxygen atoms in total. The standard InChI is InChI=1S/C18H19N3O4/c19-10-15-7-6-14(11-21-15)17(23)16(22)8-9-20-18(24)25-12-13-4-2-1-3-5-13/h1-7,11,16-17,22-23H,8-9,12H2,(H,20,24). The van der Waals surface area contributed by atoms with E-state index in [2.05, 4.69) is 10.3 Å². The molecule has 0 radical (unpaired) electrons. The Morgan fingerprint density at radius 2 is 2.00 bits per heavy atom. The maximum atomic E-state index is 11.6. The van der Waals surface area contributed by atoms with Gasteiger partial charge in [-0.3, -0.25) is 0 Å². The number of rotatable bonds is 7. The van der Waals surface area contributed by atoms with Gasteiger partial charge in [-0.05, 0) is 18.1 Å². The SMILES string of the molecule is N#Cc1ccc(C(O)C(O)CCNC(=O)OCc2ccccc2)cn1. The molecule has 2 aromatic rings. The van der Waals surface area contributed by atoms with Gasteiger partial charge < -0.3 is 20.3 Å². The number of aliphatic hydroxyl groups is 2. The first-order chi connectivity index (χ1) is 12.1. The van der Waals surface area contributed by atoms with Crippen LogP contribution in [0.4, 0.5) is 4.79 Å². The Hall–Kier alpha value is -2.95. The lowest BCUT2D eigenvalue weighted by molar-refractivity contribution is 0.0134. The van der Waals surface area contributed by atoms with Crippen LogP contribution in [-0.2, 0) is 11.3 Å². The maximum absolute atomic E-state index is 11.6. The van der Waals surface area contributed by atoms with Crippen LogP contribution < -0.4 is 5.32 Å². The van der Waals surface area contributed by atoms with Gasteiger partial charge in [-0.15, -0.1) is 0 Å². The predicted molar refractivity (Wildman–Crippen MR) is 89.2 cm³/mol. The van der Waals surface area contributed by atoms with Gasteiger partial charge in [0.05, 0.1) is 6.10 Å². The van der Waals surface area contributed by atoms with Crippen molar-refractivity contribution in [2.24, 2.45) is 0 Å². The number of nitriles is 1. The lowest BCUT2D eigenvalue weighted by Gasteiger charge is -2.18. The van der Waals surface area contributed by atoms with Gasteiger partial charge >= 0.3 is 6.09 Å². The van der Waals surface area contributed by atoms with E-state index in [0.717, 1.165) is 5.56 Å². The molecule has 1 heterocycles. The molecule has 25 heavy (non-hydrogen) atoms. The lowest BCUT2D eigenvalue weighted by atomic mass is 10.0. The number of hydrogen-bond donors (Lipinski definition) is 3. The third-order valence-corrected chi connectivity index (χ3v) is 3.53. The number of nitrogens with one attached hydrogen (secondary N) is 1. The highest BCUT2D eigenvalue weighted by molar-refractivity contribution is 5.67. The summed E-state index contributed by atoms with van der Waals surface area (Å²) in [5.74, 6) is 0. The number of aliphatic hydroxyl groups excluding tert-OH is 2. The van der Waals surface area contributed by atoms with E-state index in [1.165, 1.54) is 18.3 Å². The molecule has 0 aliphatic rings. The van der Waals surface area contributed by atoms with Crippen LogP contribution in [-0.4, -0.2) is 33.9 Å². The number of hydrogen-bond acceptors (Lipinski definition) is 6. The van der Waals surface area contributed by atoms with Crippen molar-refractivity contribution in [2.75, 3.05) is 6.54 Å². The summed E-state index contributed by atoms with van der Waals surface area (Å²) >= 11 is 0. The summed E-state index contributed by atoms with van der Waals surface area (Å²) in [7, 11) is 0. The normalized spacial score (nSPS) is 12.7. The van der Waals surface area contributed by atoms with Crippen LogP contribution in [0, 0.1) is 11.3 Å². The number of amides is 1. The Morgan fingerprint density at radius 3 is 2.64 bits per heavy atom. The fourth-order valence-corrected chi connectivity index (χ4v) is 2.12. The van der Waals surface area contributed by atoms with Gasteiger partial charge in [-0.25, -0.2) is 9.78 Å². The quantitative estimate of drug-likeness (QED) is 0.705. The third-order valence-electron chi connectivity index (χ3n) is 3.53. The molecule has 0 aliphatic carbocycles. The van der Waals surface area contributed by atoms with Gasteiger partial charge in [0, 0.05) is 18.3 Å². The van der Waals surface area contributed by atoms with Gasteiger partial charge in [0.2, 0.25) is 0 Å². The van der Waals surface area contributed by atoms with Gasteiger partial charge in [0.15, 0.2) is 0 Å². The summed E-state index contributed by atoms with van der Waals surface area (Å²) in [4.78, 5) is 15.4. The van der Waals surface area contributed by atoms with Gasteiger partial charge in [0.25, 0.3) is 0 Å². The van der Waals surface area contributed by atoms with E-state index < -0.39 is 18.3 Å². The molecule has 130 valence electrons. The molecule has 0 saturated carbocycles. The van der Waals surface area contributed by atoms with E-state index >= 15 is 0 Å². The summed E-state index contributed by atoms with van der Waals surface area (Å²) in [6.07, 6.45) is -1.34. The van der Waals surface area contributed by atoms with Crippen LogP contribution in [0.25, 0.3) is 0 Å². The van der Waals surface area contributed by atoms with E-state index in [0.29, 0.717) is 5.56 Å². The minimum Gasteiger partial charge on any atom is -0.445 e. The maximum Gasteiger partial charge on any atom is 0.407 e. The summed E-state index contributed by atoms with van der Waals surface area (Å²) in [5, 5.41) is 31.2. The Balaban J connectivity index is 1.71. The fraction of sp³-hybridized carbons (Fsp3) is 0.278. The summed E-state index contributed by atoms with van der Waals surface area (Å²) in [6.45, 7) is 0.310. The minimum atomic E-state index is -1.15. The van der Waals surface area contributed by atoms with Crippen molar-refractivity contribution in [1.82, 2.24) is 10.3 Å². The van der Waals surface area contributed by atoms with Gasteiger partial charge in [-0.1, -0.05) is 36.4 Å². The van der Waals surface area contributed by atoms with E-state index in [9.17, 15) is 15.0 Å². The first kappa shape index (κ1) is 18.4. The zero-order valence-electron chi connectivity index (χ0n) is 13.5. The average molecular weight is 341 g/mol. The van der Waals surface area contributed by atoms with Crippen molar-refractivity contribution in [2.45, 2.75) is 25.2 Å². The molecule has 0 saturated heterocycles. The zero-order chi connectivity index (χ0) is 18.1. The molecule has 3 N–H and O–H groups in total. The van der Waals surface area contributed by atoms with Crippen LogP contribution >= 0.6 is 0 Å². The molecule has 1 amide bonds. The van der Waals surface area contributed by atoms with Crippen molar-refractivity contribution in [3.63, 3.8) is 0 Å². The van der Waals surface area contributed by atoms with Crippen LogP contribution in [0.15, 0.2) is 48.7 Å². The number of aromatic nitrogens is 1. The highest BCUT2D eigenvalue weighted by Crippen LogP contribution is 2.18. The van der Waals surface area contributed by atoms with E-state index in [1.54, 1.807) is 0 Å². The summed E-state index contributed by atoms with van der Waals surface area (Å²) < 4.78 is 5.05. The number of carbonyl (C=O) groups is 1. The van der Waals surface area contributed by atoms with Crippen molar-refractivity contribution < 1.29 is 19.7 Å². The summed E-state index contributed by atoms with van der Waals surface area (Å²) in [6, 6.07) is 14.1. The Morgan fingerprint density at radius 1 is 1.24 bits per heavy atom. The molecule has 2 atom stereocenters. The number of ether oxygens (including phenoxy) is 1. The highest BCUT2D eigenvalue weighted by Gasteiger charge is 2.19. The minimum absolute atomic E-state index is 0.140.